The van der Waals surface area contributed by atoms with Gasteiger partial charge in [-0.2, -0.15) is 0 Å². The van der Waals surface area contributed by atoms with Gasteiger partial charge in [-0.1, -0.05) is 156 Å². The molecule has 0 rings (SSSR count). The van der Waals surface area contributed by atoms with E-state index in [0.29, 0.717) is 0 Å². The number of rotatable bonds is 31. The van der Waals surface area contributed by atoms with Gasteiger partial charge in [-0.25, -0.2) is 0 Å². The molecule has 2 N–H and O–H groups in total. The first-order valence-corrected chi connectivity index (χ1v) is 19.6. The van der Waals surface area contributed by atoms with Gasteiger partial charge < -0.3 is 10.2 Å². The summed E-state index contributed by atoms with van der Waals surface area (Å²) >= 11 is 0. The van der Waals surface area contributed by atoms with Crippen LogP contribution in [0, 0.1) is 48.4 Å². The molecule has 2 nitrogen and oxygen atoms in total. The highest BCUT2D eigenvalue weighted by atomic mass is 16.3. The van der Waals surface area contributed by atoms with Gasteiger partial charge >= 0.3 is 0 Å². The van der Waals surface area contributed by atoms with Gasteiger partial charge in [-0.15, -0.1) is 18.8 Å². The van der Waals surface area contributed by atoms with Crippen LogP contribution in [0.5, 0.6) is 0 Å². The van der Waals surface area contributed by atoms with Crippen LogP contribution in [0.1, 0.15) is 180 Å². The van der Waals surface area contributed by atoms with Crippen LogP contribution in [-0.4, -0.2) is 22.4 Å². The lowest BCUT2D eigenvalue weighted by Gasteiger charge is -2.03. The molecule has 0 saturated carbocycles. The normalized spacial score (nSPS) is 12.6. The fraction of sp³-hybridized carbons (Fsp3) is 0.652. The molecule has 0 aromatic heterocycles. The van der Waals surface area contributed by atoms with Crippen molar-refractivity contribution in [2.75, 3.05) is 0 Å². The standard InChI is InChI=1S/C46H70O2/c1-3-5-6-7-8-9-10-11-12-13-14-15-16-17-18-19-20-21-25-28-31-34-37-40-43-46(48)44-41-38-35-32-29-26-23-22-24-27-30-33-36-39-42-45(47)4-2/h1-2,21,23,25-26,34,37,39,42,45-48H,5-20,22,24,27-33,35-36,38H2/b25-21-,26-23-,37-34+,42-39+. The molecule has 48 heavy (non-hydrogen) atoms. The highest BCUT2D eigenvalue weighted by Gasteiger charge is 1.95. The van der Waals surface area contributed by atoms with E-state index < -0.39 is 12.2 Å². The minimum atomic E-state index is -0.866. The van der Waals surface area contributed by atoms with Crippen LogP contribution in [0.25, 0.3) is 0 Å². The van der Waals surface area contributed by atoms with Crippen LogP contribution in [0.3, 0.4) is 0 Å². The van der Waals surface area contributed by atoms with E-state index >= 15 is 0 Å². The molecule has 0 aliphatic rings. The van der Waals surface area contributed by atoms with Crippen molar-refractivity contribution in [2.24, 2.45) is 0 Å². The van der Waals surface area contributed by atoms with E-state index in [0.717, 1.165) is 64.2 Å². The van der Waals surface area contributed by atoms with Crippen LogP contribution < -0.4 is 0 Å². The number of hydrogen-bond donors (Lipinski definition) is 2. The highest BCUT2D eigenvalue weighted by Crippen LogP contribution is 2.14. The topological polar surface area (TPSA) is 40.5 Å². The molecule has 0 aliphatic carbocycles. The molecule has 0 heterocycles. The Morgan fingerprint density at radius 2 is 0.854 bits per heavy atom. The first-order chi connectivity index (χ1) is 23.7. The lowest BCUT2D eigenvalue weighted by Crippen LogP contribution is -1.97. The zero-order valence-electron chi connectivity index (χ0n) is 30.6. The highest BCUT2D eigenvalue weighted by molar-refractivity contribution is 5.24. The first kappa shape index (κ1) is 45.1. The van der Waals surface area contributed by atoms with E-state index in [9.17, 15) is 10.2 Å². The van der Waals surface area contributed by atoms with Crippen LogP contribution in [-0.2, 0) is 0 Å². The first-order valence-electron chi connectivity index (χ1n) is 19.6. The second-order valence-corrected chi connectivity index (χ2v) is 12.9. The summed E-state index contributed by atoms with van der Waals surface area (Å²) in [7, 11) is 0. The maximum absolute atomic E-state index is 9.93. The zero-order valence-corrected chi connectivity index (χ0v) is 30.6. The molecule has 2 heteroatoms. The smallest absolute Gasteiger partial charge is 0.176 e. The van der Waals surface area contributed by atoms with E-state index in [-0.39, 0.29) is 0 Å². The van der Waals surface area contributed by atoms with Gasteiger partial charge in [-0.3, -0.25) is 0 Å². The minimum Gasteiger partial charge on any atom is -0.377 e. The molecular weight excluding hydrogens is 585 g/mol. The van der Waals surface area contributed by atoms with E-state index in [4.69, 9.17) is 12.8 Å². The monoisotopic (exact) mass is 655 g/mol. The Morgan fingerprint density at radius 3 is 1.38 bits per heavy atom. The third kappa shape index (κ3) is 39.3. The fourth-order valence-corrected chi connectivity index (χ4v) is 5.38. The predicted octanol–water partition coefficient (Wildman–Crippen LogP) is 12.1. The summed E-state index contributed by atoms with van der Waals surface area (Å²) in [4.78, 5) is 0. The number of aliphatic hydroxyl groups is 2. The summed E-state index contributed by atoms with van der Waals surface area (Å²) in [6.07, 6.45) is 59.9. The van der Waals surface area contributed by atoms with Gasteiger partial charge in [0, 0.05) is 12.8 Å². The molecule has 0 radical (unpaired) electrons. The molecule has 0 aromatic rings. The van der Waals surface area contributed by atoms with Crippen molar-refractivity contribution in [3.63, 3.8) is 0 Å². The van der Waals surface area contributed by atoms with Gasteiger partial charge in [0.05, 0.1) is 0 Å². The van der Waals surface area contributed by atoms with Gasteiger partial charge in [-0.05, 0) is 89.2 Å². The van der Waals surface area contributed by atoms with Crippen molar-refractivity contribution in [1.29, 1.82) is 0 Å². The second kappa shape index (κ2) is 40.3. The van der Waals surface area contributed by atoms with E-state index in [1.54, 1.807) is 6.08 Å². The lowest BCUT2D eigenvalue weighted by atomic mass is 10.0. The summed E-state index contributed by atoms with van der Waals surface area (Å²) in [6.45, 7) is 0. The third-order valence-corrected chi connectivity index (χ3v) is 8.34. The van der Waals surface area contributed by atoms with Crippen LogP contribution in [0.15, 0.2) is 48.6 Å². The molecule has 0 saturated heterocycles. The Bertz CT molecular complexity index is 1020. The Balaban J connectivity index is 3.50. The van der Waals surface area contributed by atoms with Crippen molar-refractivity contribution in [1.82, 2.24) is 0 Å². The second-order valence-electron chi connectivity index (χ2n) is 12.9. The summed E-state index contributed by atoms with van der Waals surface area (Å²) in [5.74, 6) is 16.6. The van der Waals surface area contributed by atoms with Crippen molar-refractivity contribution in [2.45, 2.75) is 192 Å². The number of unbranched alkanes of at least 4 members (excludes halogenated alkanes) is 24. The number of hydrogen-bond acceptors (Lipinski definition) is 2. The van der Waals surface area contributed by atoms with Gasteiger partial charge in [0.2, 0.25) is 0 Å². The van der Waals surface area contributed by atoms with Crippen LogP contribution >= 0.6 is 0 Å². The van der Waals surface area contributed by atoms with Crippen molar-refractivity contribution < 1.29 is 10.2 Å². The minimum absolute atomic E-state index is 0.745. The zero-order chi connectivity index (χ0) is 34.9. The number of allylic oxidation sites excluding steroid dienone is 7. The van der Waals surface area contributed by atoms with Gasteiger partial charge in [0.15, 0.2) is 6.10 Å². The summed E-state index contributed by atoms with van der Waals surface area (Å²) < 4.78 is 0. The fourth-order valence-electron chi connectivity index (χ4n) is 5.38. The molecule has 0 fully saturated rings. The molecule has 0 aromatic carbocycles. The number of terminal acetylenes is 2. The van der Waals surface area contributed by atoms with E-state index in [1.807, 2.05) is 12.2 Å². The van der Waals surface area contributed by atoms with Crippen LogP contribution in [0.2, 0.25) is 0 Å². The molecule has 2 atom stereocenters. The molecule has 0 aliphatic heterocycles. The number of aliphatic hydroxyl groups excluding tert-OH is 2. The maximum Gasteiger partial charge on any atom is 0.176 e. The summed E-state index contributed by atoms with van der Waals surface area (Å²) in [6, 6.07) is 0. The Hall–Kier alpha value is -2.88. The van der Waals surface area contributed by atoms with Crippen molar-refractivity contribution >= 4 is 0 Å². The molecule has 2 unspecified atom stereocenters. The molecular formula is C46H70O2. The van der Waals surface area contributed by atoms with Crippen LogP contribution in [0.4, 0.5) is 0 Å². The van der Waals surface area contributed by atoms with Crippen molar-refractivity contribution in [3.05, 3.63) is 48.6 Å². The van der Waals surface area contributed by atoms with Gasteiger partial charge in [0.25, 0.3) is 0 Å². The van der Waals surface area contributed by atoms with Crippen molar-refractivity contribution in [3.8, 4) is 48.4 Å². The maximum atomic E-state index is 9.93. The largest absolute Gasteiger partial charge is 0.377 e. The third-order valence-electron chi connectivity index (χ3n) is 8.34. The molecule has 0 amide bonds. The Kier molecular flexibility index (Phi) is 37.9. The van der Waals surface area contributed by atoms with E-state index in [2.05, 4.69) is 65.9 Å². The Labute approximate surface area is 298 Å². The average Bonchev–Trinajstić information content (AvgIpc) is 3.09. The molecule has 0 bridgehead atoms. The molecule has 266 valence electrons. The summed E-state index contributed by atoms with van der Waals surface area (Å²) in [5, 5.41) is 19.2. The van der Waals surface area contributed by atoms with Gasteiger partial charge in [0.1, 0.15) is 6.10 Å². The molecule has 0 spiro atoms. The SMILES string of the molecule is C#CCCCCCCCCCCCCCCCC/C=C\CC/C=C/C#CC(O)C#CCCCC/C=C\CCCCCC/C=C/C(O)C#C. The van der Waals surface area contributed by atoms with E-state index in [1.165, 1.54) is 116 Å². The lowest BCUT2D eigenvalue weighted by molar-refractivity contribution is 0.280. The summed E-state index contributed by atoms with van der Waals surface area (Å²) in [5.41, 5.74) is 0. The Morgan fingerprint density at radius 1 is 0.438 bits per heavy atom. The quantitative estimate of drug-likeness (QED) is 0.0444. The average molecular weight is 655 g/mol. The predicted molar refractivity (Wildman–Crippen MR) is 211 cm³/mol.